The molecule has 80 valence electrons. The first-order valence-corrected chi connectivity index (χ1v) is 5.30. The average molecular weight is 198 g/mol. The van der Waals surface area contributed by atoms with Crippen LogP contribution in [0.1, 0.15) is 19.8 Å². The van der Waals surface area contributed by atoms with Crippen LogP contribution in [0.25, 0.3) is 0 Å². The summed E-state index contributed by atoms with van der Waals surface area (Å²) >= 11 is 0. The summed E-state index contributed by atoms with van der Waals surface area (Å²) in [6.07, 6.45) is 1.89. The van der Waals surface area contributed by atoms with Crippen LogP contribution in [0.15, 0.2) is 0 Å². The van der Waals surface area contributed by atoms with E-state index >= 15 is 0 Å². The van der Waals surface area contributed by atoms with Crippen LogP contribution in [-0.4, -0.2) is 37.7 Å². The van der Waals surface area contributed by atoms with Crippen LogP contribution in [0.4, 0.5) is 0 Å². The number of ether oxygens (including phenoxy) is 1. The van der Waals surface area contributed by atoms with Crippen LogP contribution in [0, 0.1) is 5.92 Å². The normalized spacial score (nSPS) is 37.4. The zero-order valence-corrected chi connectivity index (χ0v) is 8.64. The Balaban J connectivity index is 1.86. The number of hydrogen-bond donors (Lipinski definition) is 2. The molecular formula is C10H18N2O2. The highest BCUT2D eigenvalue weighted by Gasteiger charge is 2.34. The molecule has 2 aliphatic heterocycles. The second-order valence-electron chi connectivity index (χ2n) is 4.54. The molecule has 2 unspecified atom stereocenters. The molecule has 2 atom stereocenters. The standard InChI is InChI=1S/C10H18N2O2/c1-10(3-5-14-7-10)12-9(13)8-2-4-11-6-8/h8,11H,2-7H2,1H3,(H,12,13). The van der Waals surface area contributed by atoms with Gasteiger partial charge in [0.05, 0.1) is 18.1 Å². The van der Waals surface area contributed by atoms with Gasteiger partial charge in [0.15, 0.2) is 0 Å². The molecule has 0 aromatic carbocycles. The molecule has 4 nitrogen and oxygen atoms in total. The Morgan fingerprint density at radius 1 is 1.64 bits per heavy atom. The lowest BCUT2D eigenvalue weighted by Gasteiger charge is -2.25. The van der Waals surface area contributed by atoms with Crippen molar-refractivity contribution in [3.05, 3.63) is 0 Å². The molecule has 0 aromatic heterocycles. The molecule has 14 heavy (non-hydrogen) atoms. The minimum Gasteiger partial charge on any atom is -0.379 e. The van der Waals surface area contributed by atoms with Crippen LogP contribution in [-0.2, 0) is 9.53 Å². The SMILES string of the molecule is CC1(NC(=O)C2CCNC2)CCOC1. The highest BCUT2D eigenvalue weighted by atomic mass is 16.5. The van der Waals surface area contributed by atoms with Crippen LogP contribution < -0.4 is 10.6 Å². The fraction of sp³-hybridized carbons (Fsp3) is 0.900. The van der Waals surface area contributed by atoms with Crippen molar-refractivity contribution < 1.29 is 9.53 Å². The number of amides is 1. The zero-order chi connectivity index (χ0) is 10.0. The Morgan fingerprint density at radius 3 is 3.07 bits per heavy atom. The van der Waals surface area contributed by atoms with Gasteiger partial charge in [0.1, 0.15) is 0 Å². The van der Waals surface area contributed by atoms with Crippen molar-refractivity contribution in [2.75, 3.05) is 26.3 Å². The molecule has 2 heterocycles. The minimum atomic E-state index is -0.125. The summed E-state index contributed by atoms with van der Waals surface area (Å²) in [6.45, 7) is 5.26. The van der Waals surface area contributed by atoms with Crippen molar-refractivity contribution in [3.63, 3.8) is 0 Å². The average Bonchev–Trinajstić information content (AvgIpc) is 2.74. The van der Waals surface area contributed by atoms with E-state index in [1.165, 1.54) is 0 Å². The predicted molar refractivity (Wildman–Crippen MR) is 53.0 cm³/mol. The first-order chi connectivity index (χ1) is 6.70. The van der Waals surface area contributed by atoms with Crippen LogP contribution in [0.5, 0.6) is 0 Å². The topological polar surface area (TPSA) is 50.4 Å². The van der Waals surface area contributed by atoms with Gasteiger partial charge >= 0.3 is 0 Å². The lowest BCUT2D eigenvalue weighted by molar-refractivity contribution is -0.126. The molecule has 0 aliphatic carbocycles. The molecule has 0 spiro atoms. The first kappa shape index (κ1) is 9.93. The van der Waals surface area contributed by atoms with Gasteiger partial charge in [-0.2, -0.15) is 0 Å². The van der Waals surface area contributed by atoms with E-state index in [-0.39, 0.29) is 17.4 Å². The molecule has 2 rings (SSSR count). The highest BCUT2D eigenvalue weighted by molar-refractivity contribution is 5.80. The minimum absolute atomic E-state index is 0.125. The summed E-state index contributed by atoms with van der Waals surface area (Å²) in [5, 5.41) is 6.29. The first-order valence-electron chi connectivity index (χ1n) is 5.30. The maximum atomic E-state index is 11.8. The second kappa shape index (κ2) is 3.87. The van der Waals surface area contributed by atoms with Gasteiger partial charge in [0.25, 0.3) is 0 Å². The van der Waals surface area contributed by atoms with Crippen LogP contribution in [0.3, 0.4) is 0 Å². The summed E-state index contributed by atoms with van der Waals surface area (Å²) < 4.78 is 5.29. The van der Waals surface area contributed by atoms with Crippen LogP contribution >= 0.6 is 0 Å². The number of rotatable bonds is 2. The third-order valence-corrected chi connectivity index (χ3v) is 3.07. The van der Waals surface area contributed by atoms with Crippen molar-refractivity contribution in [1.82, 2.24) is 10.6 Å². The molecule has 0 saturated carbocycles. The Hall–Kier alpha value is -0.610. The van der Waals surface area contributed by atoms with Crippen molar-refractivity contribution in [3.8, 4) is 0 Å². The molecule has 0 radical (unpaired) electrons. The Labute approximate surface area is 84.4 Å². The van der Waals surface area contributed by atoms with E-state index < -0.39 is 0 Å². The summed E-state index contributed by atoms with van der Waals surface area (Å²) in [6, 6.07) is 0. The van der Waals surface area contributed by atoms with Gasteiger partial charge in [-0.3, -0.25) is 4.79 Å². The summed E-state index contributed by atoms with van der Waals surface area (Å²) in [4.78, 5) is 11.8. The van der Waals surface area contributed by atoms with E-state index in [1.54, 1.807) is 0 Å². The van der Waals surface area contributed by atoms with Gasteiger partial charge in [-0.1, -0.05) is 0 Å². The molecule has 2 N–H and O–H groups in total. The molecule has 2 fully saturated rings. The number of carbonyl (C=O) groups is 1. The Bertz CT molecular complexity index is 218. The monoisotopic (exact) mass is 198 g/mol. The van der Waals surface area contributed by atoms with Gasteiger partial charge in [-0.05, 0) is 26.3 Å². The fourth-order valence-corrected chi connectivity index (χ4v) is 2.04. The van der Waals surface area contributed by atoms with E-state index in [0.29, 0.717) is 6.61 Å². The van der Waals surface area contributed by atoms with Crippen molar-refractivity contribution in [2.24, 2.45) is 5.92 Å². The Kier molecular flexibility index (Phi) is 2.74. The number of hydrogen-bond acceptors (Lipinski definition) is 3. The lowest BCUT2D eigenvalue weighted by atomic mass is 9.99. The summed E-state index contributed by atoms with van der Waals surface area (Å²) in [5.74, 6) is 0.343. The molecule has 0 bridgehead atoms. The van der Waals surface area contributed by atoms with Gasteiger partial charge in [0, 0.05) is 13.2 Å². The van der Waals surface area contributed by atoms with Crippen molar-refractivity contribution in [1.29, 1.82) is 0 Å². The Morgan fingerprint density at radius 2 is 2.50 bits per heavy atom. The molecule has 0 aromatic rings. The van der Waals surface area contributed by atoms with E-state index in [2.05, 4.69) is 17.6 Å². The zero-order valence-electron chi connectivity index (χ0n) is 8.64. The van der Waals surface area contributed by atoms with Gasteiger partial charge in [-0.15, -0.1) is 0 Å². The fourth-order valence-electron chi connectivity index (χ4n) is 2.04. The number of carbonyl (C=O) groups excluding carboxylic acids is 1. The summed E-state index contributed by atoms with van der Waals surface area (Å²) in [7, 11) is 0. The summed E-state index contributed by atoms with van der Waals surface area (Å²) in [5.41, 5.74) is -0.125. The van der Waals surface area contributed by atoms with E-state index in [0.717, 1.165) is 32.5 Å². The lowest BCUT2D eigenvalue weighted by Crippen LogP contribution is -2.49. The van der Waals surface area contributed by atoms with Gasteiger partial charge in [0.2, 0.25) is 5.91 Å². The van der Waals surface area contributed by atoms with E-state index in [9.17, 15) is 4.79 Å². The smallest absolute Gasteiger partial charge is 0.224 e. The van der Waals surface area contributed by atoms with Gasteiger partial charge in [-0.25, -0.2) is 0 Å². The number of nitrogens with one attached hydrogen (secondary N) is 2. The van der Waals surface area contributed by atoms with Crippen molar-refractivity contribution >= 4 is 5.91 Å². The highest BCUT2D eigenvalue weighted by Crippen LogP contribution is 2.19. The third kappa shape index (κ3) is 2.07. The molecule has 2 aliphatic rings. The molecular weight excluding hydrogens is 180 g/mol. The maximum Gasteiger partial charge on any atom is 0.224 e. The van der Waals surface area contributed by atoms with E-state index in [1.807, 2.05) is 0 Å². The molecule has 1 amide bonds. The maximum absolute atomic E-state index is 11.8. The van der Waals surface area contributed by atoms with Gasteiger partial charge < -0.3 is 15.4 Å². The third-order valence-electron chi connectivity index (χ3n) is 3.07. The largest absolute Gasteiger partial charge is 0.379 e. The predicted octanol–water partition coefficient (Wildman–Crippen LogP) is -0.109. The second-order valence-corrected chi connectivity index (χ2v) is 4.54. The molecule has 2 saturated heterocycles. The molecule has 4 heteroatoms. The van der Waals surface area contributed by atoms with Crippen molar-refractivity contribution in [2.45, 2.75) is 25.3 Å². The van der Waals surface area contributed by atoms with Crippen LogP contribution in [0.2, 0.25) is 0 Å². The quantitative estimate of drug-likeness (QED) is 0.651. The van der Waals surface area contributed by atoms with E-state index in [4.69, 9.17) is 4.74 Å².